The van der Waals surface area contributed by atoms with Crippen LogP contribution in [0.15, 0.2) is 41.2 Å². The van der Waals surface area contributed by atoms with E-state index in [-0.39, 0.29) is 23.0 Å². The van der Waals surface area contributed by atoms with Crippen LogP contribution in [0.4, 0.5) is 17.1 Å². The molecule has 1 aromatic heterocycles. The van der Waals surface area contributed by atoms with E-state index in [0.29, 0.717) is 22.4 Å². The van der Waals surface area contributed by atoms with Crippen LogP contribution in [0.25, 0.3) is 11.0 Å². The lowest BCUT2D eigenvalue weighted by atomic mass is 10.1. The van der Waals surface area contributed by atoms with Crippen molar-refractivity contribution in [3.05, 3.63) is 62.6 Å². The highest BCUT2D eigenvalue weighted by molar-refractivity contribution is 6.05. The van der Waals surface area contributed by atoms with Gasteiger partial charge in [-0.1, -0.05) is 0 Å². The molecule has 9 nitrogen and oxygen atoms in total. The third-order valence-electron chi connectivity index (χ3n) is 4.17. The first-order chi connectivity index (χ1) is 12.5. The zero-order valence-electron chi connectivity index (χ0n) is 13.5. The average Bonchev–Trinajstić information content (AvgIpc) is 3.33. The number of anilines is 2. The fourth-order valence-corrected chi connectivity index (χ4v) is 2.71. The highest BCUT2D eigenvalue weighted by Gasteiger charge is 2.25. The number of hydrogen-bond donors (Lipinski definition) is 4. The van der Waals surface area contributed by atoms with E-state index in [1.54, 1.807) is 30.3 Å². The second-order valence-electron chi connectivity index (χ2n) is 6.20. The van der Waals surface area contributed by atoms with Crippen molar-refractivity contribution in [3.63, 3.8) is 0 Å². The number of rotatable bonds is 5. The van der Waals surface area contributed by atoms with Gasteiger partial charge in [-0.3, -0.25) is 14.9 Å². The summed E-state index contributed by atoms with van der Waals surface area (Å²) >= 11 is 0. The van der Waals surface area contributed by atoms with Crippen LogP contribution in [0.2, 0.25) is 0 Å². The lowest BCUT2D eigenvalue weighted by Crippen LogP contribution is -2.13. The molecule has 9 heteroatoms. The number of amides is 1. The van der Waals surface area contributed by atoms with E-state index in [9.17, 15) is 19.7 Å². The van der Waals surface area contributed by atoms with Gasteiger partial charge in [0.2, 0.25) is 0 Å². The number of nitrogens with zero attached hydrogens (tertiary/aromatic N) is 1. The molecule has 26 heavy (non-hydrogen) atoms. The number of aromatic nitrogens is 2. The number of benzene rings is 2. The number of aromatic amines is 2. The molecule has 1 saturated carbocycles. The minimum Gasteiger partial charge on any atom is -0.377 e. The predicted molar refractivity (Wildman–Crippen MR) is 96.6 cm³/mol. The number of fused-ring (bicyclic) bond motifs is 1. The monoisotopic (exact) mass is 353 g/mol. The molecule has 0 spiro atoms. The highest BCUT2D eigenvalue weighted by atomic mass is 16.6. The maximum Gasteiger partial charge on any atom is 0.323 e. The molecule has 0 bridgehead atoms. The number of carbonyl (C=O) groups excluding carboxylic acids is 1. The maximum atomic E-state index is 12.4. The van der Waals surface area contributed by atoms with Crippen LogP contribution < -0.4 is 16.3 Å². The molecule has 0 saturated heterocycles. The SMILES string of the molecule is O=C(Nc1ccc2[nH]c(=O)[nH]c2c1)c1ccc(NC2CC2)c([N+](=O)[O-])c1. The first-order valence-electron chi connectivity index (χ1n) is 8.08. The molecular weight excluding hydrogens is 338 g/mol. The van der Waals surface area contributed by atoms with Crippen LogP contribution in [-0.2, 0) is 0 Å². The molecule has 2 aromatic carbocycles. The second-order valence-corrected chi connectivity index (χ2v) is 6.20. The van der Waals surface area contributed by atoms with Crippen LogP contribution in [-0.4, -0.2) is 26.8 Å². The molecule has 1 aliphatic rings. The van der Waals surface area contributed by atoms with Gasteiger partial charge in [0.25, 0.3) is 11.6 Å². The molecule has 3 aromatic rings. The van der Waals surface area contributed by atoms with Crippen LogP contribution in [0.3, 0.4) is 0 Å². The smallest absolute Gasteiger partial charge is 0.323 e. The summed E-state index contributed by atoms with van der Waals surface area (Å²) in [6.07, 6.45) is 1.98. The van der Waals surface area contributed by atoms with Crippen molar-refractivity contribution in [2.75, 3.05) is 10.6 Å². The first-order valence-corrected chi connectivity index (χ1v) is 8.08. The summed E-state index contributed by atoms with van der Waals surface area (Å²) in [5, 5.41) is 17.1. The Morgan fingerprint density at radius 2 is 1.88 bits per heavy atom. The lowest BCUT2D eigenvalue weighted by molar-refractivity contribution is -0.384. The summed E-state index contributed by atoms with van der Waals surface area (Å²) in [5.74, 6) is -0.469. The molecule has 0 aliphatic heterocycles. The molecule has 132 valence electrons. The van der Waals surface area contributed by atoms with Crippen molar-refractivity contribution in [3.8, 4) is 0 Å². The average molecular weight is 353 g/mol. The summed E-state index contributed by atoms with van der Waals surface area (Å²) in [7, 11) is 0. The number of hydrogen-bond acceptors (Lipinski definition) is 5. The molecule has 1 heterocycles. The predicted octanol–water partition coefficient (Wildman–Crippen LogP) is 2.59. The van der Waals surface area contributed by atoms with Gasteiger partial charge < -0.3 is 20.6 Å². The molecule has 0 atom stereocenters. The van der Waals surface area contributed by atoms with Crippen LogP contribution in [0.1, 0.15) is 23.2 Å². The van der Waals surface area contributed by atoms with Gasteiger partial charge >= 0.3 is 5.69 Å². The standard InChI is InChI=1S/C17H15N5O4/c23-16(19-11-4-6-12-14(8-11)21-17(24)20-12)9-1-5-13(18-10-2-3-10)15(7-9)22(25)26/h1,4-8,10,18H,2-3H2,(H,19,23)(H2,20,21,24). The number of imidazole rings is 1. The van der Waals surface area contributed by atoms with Gasteiger partial charge in [0.05, 0.1) is 16.0 Å². The molecule has 0 unspecified atom stereocenters. The van der Waals surface area contributed by atoms with Crippen LogP contribution in [0.5, 0.6) is 0 Å². The van der Waals surface area contributed by atoms with Crippen LogP contribution in [0, 0.1) is 10.1 Å². The Balaban J connectivity index is 1.58. The summed E-state index contributed by atoms with van der Waals surface area (Å²) in [4.78, 5) is 39.8. The summed E-state index contributed by atoms with van der Waals surface area (Å²) in [6.45, 7) is 0. The number of nitrogens with one attached hydrogen (secondary N) is 4. The van der Waals surface area contributed by atoms with Gasteiger partial charge in [-0.25, -0.2) is 4.79 Å². The number of H-pyrrole nitrogens is 2. The third kappa shape index (κ3) is 3.14. The Labute approximate surface area is 146 Å². The molecule has 4 N–H and O–H groups in total. The topological polar surface area (TPSA) is 133 Å². The molecule has 1 fully saturated rings. The van der Waals surface area contributed by atoms with Crippen molar-refractivity contribution >= 4 is 34.0 Å². The van der Waals surface area contributed by atoms with E-state index in [0.717, 1.165) is 12.8 Å². The lowest BCUT2D eigenvalue weighted by Gasteiger charge is -2.09. The van der Waals surface area contributed by atoms with Crippen molar-refractivity contribution < 1.29 is 9.72 Å². The normalized spacial score (nSPS) is 13.5. The molecule has 4 rings (SSSR count). The van der Waals surface area contributed by atoms with E-state index >= 15 is 0 Å². The van der Waals surface area contributed by atoms with E-state index in [1.807, 2.05) is 0 Å². The molecule has 1 amide bonds. The van der Waals surface area contributed by atoms with Gasteiger partial charge in [-0.05, 0) is 43.2 Å². The quantitative estimate of drug-likeness (QED) is 0.413. The van der Waals surface area contributed by atoms with E-state index in [2.05, 4.69) is 20.6 Å². The van der Waals surface area contributed by atoms with Crippen LogP contribution >= 0.6 is 0 Å². The summed E-state index contributed by atoms with van der Waals surface area (Å²) < 4.78 is 0. The van der Waals surface area contributed by atoms with Gasteiger partial charge in [0.15, 0.2) is 0 Å². The molecule has 1 aliphatic carbocycles. The molecular formula is C17H15N5O4. The summed E-state index contributed by atoms with van der Waals surface area (Å²) in [6, 6.07) is 9.54. The second kappa shape index (κ2) is 6.03. The number of carbonyl (C=O) groups is 1. The Morgan fingerprint density at radius 1 is 1.12 bits per heavy atom. The van der Waals surface area contributed by atoms with E-state index in [4.69, 9.17) is 0 Å². The number of nitro groups is 1. The van der Waals surface area contributed by atoms with E-state index in [1.165, 1.54) is 6.07 Å². The highest BCUT2D eigenvalue weighted by Crippen LogP contribution is 2.31. The van der Waals surface area contributed by atoms with Crippen molar-refractivity contribution in [2.45, 2.75) is 18.9 Å². The van der Waals surface area contributed by atoms with Crippen molar-refractivity contribution in [1.29, 1.82) is 0 Å². The van der Waals surface area contributed by atoms with Crippen molar-refractivity contribution in [2.24, 2.45) is 0 Å². The fraction of sp³-hybridized carbons (Fsp3) is 0.176. The van der Waals surface area contributed by atoms with Gasteiger partial charge in [-0.15, -0.1) is 0 Å². The Kier molecular flexibility index (Phi) is 3.68. The van der Waals surface area contributed by atoms with Gasteiger partial charge in [-0.2, -0.15) is 0 Å². The minimum atomic E-state index is -0.502. The zero-order chi connectivity index (χ0) is 18.3. The molecule has 0 radical (unpaired) electrons. The minimum absolute atomic E-state index is 0.130. The van der Waals surface area contributed by atoms with Gasteiger partial charge in [0.1, 0.15) is 5.69 Å². The summed E-state index contributed by atoms with van der Waals surface area (Å²) in [5.41, 5.74) is 1.79. The van der Waals surface area contributed by atoms with Gasteiger partial charge in [0, 0.05) is 23.4 Å². The Morgan fingerprint density at radius 3 is 2.62 bits per heavy atom. The third-order valence-corrected chi connectivity index (χ3v) is 4.17. The Hall–Kier alpha value is -3.62. The van der Waals surface area contributed by atoms with Crippen molar-refractivity contribution in [1.82, 2.24) is 9.97 Å². The fourth-order valence-electron chi connectivity index (χ4n) is 2.71. The zero-order valence-corrected chi connectivity index (χ0v) is 13.5. The largest absolute Gasteiger partial charge is 0.377 e. The number of nitro benzene ring substituents is 1. The first kappa shape index (κ1) is 15.9. The van der Waals surface area contributed by atoms with E-state index < -0.39 is 10.8 Å². The Bertz CT molecular complexity index is 1080. The maximum absolute atomic E-state index is 12.4.